The van der Waals surface area contributed by atoms with Crippen molar-refractivity contribution in [1.29, 1.82) is 0 Å². The molecule has 3 nitrogen and oxygen atoms in total. The average molecular weight is 236 g/mol. The molecule has 0 radical (unpaired) electrons. The molecule has 0 aliphatic carbocycles. The topological polar surface area (TPSA) is 46.5 Å². The third-order valence-electron chi connectivity index (χ3n) is 2.75. The first-order valence-corrected chi connectivity index (χ1v) is 5.87. The molecule has 3 heteroatoms. The van der Waals surface area contributed by atoms with E-state index >= 15 is 0 Å². The summed E-state index contributed by atoms with van der Waals surface area (Å²) in [6, 6.07) is 9.22. The van der Waals surface area contributed by atoms with Gasteiger partial charge in [0.1, 0.15) is 0 Å². The van der Waals surface area contributed by atoms with E-state index < -0.39 is 12.0 Å². The first-order chi connectivity index (χ1) is 8.06. The van der Waals surface area contributed by atoms with Gasteiger partial charge in [-0.3, -0.25) is 4.79 Å². The number of hydrogen-bond acceptors (Lipinski definition) is 3. The highest BCUT2D eigenvalue weighted by Gasteiger charge is 2.29. The first-order valence-electron chi connectivity index (χ1n) is 5.87. The van der Waals surface area contributed by atoms with E-state index in [0.29, 0.717) is 12.3 Å². The van der Waals surface area contributed by atoms with Crippen LogP contribution in [0.4, 0.5) is 0 Å². The summed E-state index contributed by atoms with van der Waals surface area (Å²) < 4.78 is 4.76. The monoisotopic (exact) mass is 236 g/mol. The number of benzene rings is 1. The molecule has 1 N–H and O–H groups in total. The highest BCUT2D eigenvalue weighted by molar-refractivity contribution is 5.73. The number of aliphatic hydroxyl groups is 1. The van der Waals surface area contributed by atoms with Gasteiger partial charge in [0.15, 0.2) is 0 Å². The van der Waals surface area contributed by atoms with Gasteiger partial charge in [0, 0.05) is 0 Å². The van der Waals surface area contributed by atoms with Gasteiger partial charge in [-0.2, -0.15) is 0 Å². The van der Waals surface area contributed by atoms with E-state index in [-0.39, 0.29) is 5.97 Å². The Labute approximate surface area is 102 Å². The molecule has 94 valence electrons. The number of esters is 1. The Bertz CT molecular complexity index is 346. The minimum Gasteiger partial charge on any atom is -0.469 e. The summed E-state index contributed by atoms with van der Waals surface area (Å²) in [6.45, 7) is 4.04. The fourth-order valence-corrected chi connectivity index (χ4v) is 1.90. The number of carbonyl (C=O) groups is 1. The largest absolute Gasteiger partial charge is 0.469 e. The molecule has 0 saturated carbocycles. The molecule has 0 spiro atoms. The summed E-state index contributed by atoms with van der Waals surface area (Å²) in [5.41, 5.74) is 0.753. The van der Waals surface area contributed by atoms with Crippen LogP contribution in [0.25, 0.3) is 0 Å². The smallest absolute Gasteiger partial charge is 0.311 e. The summed E-state index contributed by atoms with van der Waals surface area (Å²) in [5.74, 6) is -0.519. The number of ether oxygens (including phenoxy) is 1. The Balaban J connectivity index is 2.86. The van der Waals surface area contributed by atoms with Gasteiger partial charge in [0.2, 0.25) is 0 Å². The van der Waals surface area contributed by atoms with Gasteiger partial charge >= 0.3 is 5.97 Å². The van der Waals surface area contributed by atoms with Crippen molar-refractivity contribution in [1.82, 2.24) is 0 Å². The van der Waals surface area contributed by atoms with E-state index in [9.17, 15) is 9.90 Å². The van der Waals surface area contributed by atoms with Crippen LogP contribution in [0.1, 0.15) is 31.9 Å². The predicted octanol–water partition coefficient (Wildman–Crippen LogP) is 2.56. The molecule has 0 aliphatic rings. The molecular weight excluding hydrogens is 216 g/mol. The first kappa shape index (κ1) is 13.7. The van der Waals surface area contributed by atoms with E-state index in [2.05, 4.69) is 0 Å². The van der Waals surface area contributed by atoms with Crippen LogP contribution in [0.5, 0.6) is 0 Å². The average Bonchev–Trinajstić information content (AvgIpc) is 2.35. The zero-order valence-electron chi connectivity index (χ0n) is 10.6. The molecule has 1 rings (SSSR count). The van der Waals surface area contributed by atoms with Gasteiger partial charge in [0.25, 0.3) is 0 Å². The van der Waals surface area contributed by atoms with E-state index in [0.717, 1.165) is 5.56 Å². The summed E-state index contributed by atoms with van der Waals surface area (Å²) in [5, 5.41) is 10.2. The van der Waals surface area contributed by atoms with Crippen LogP contribution < -0.4 is 0 Å². The van der Waals surface area contributed by atoms with Crippen molar-refractivity contribution >= 4 is 5.97 Å². The summed E-state index contributed by atoms with van der Waals surface area (Å²) >= 11 is 0. The Hall–Kier alpha value is -1.35. The highest BCUT2D eigenvalue weighted by atomic mass is 16.5. The second-order valence-electron chi connectivity index (χ2n) is 4.61. The molecular formula is C14H20O3. The van der Waals surface area contributed by atoms with Crippen molar-refractivity contribution in [2.75, 3.05) is 7.11 Å². The zero-order chi connectivity index (χ0) is 12.8. The highest BCUT2D eigenvalue weighted by Crippen LogP contribution is 2.28. The molecule has 1 aromatic carbocycles. The zero-order valence-corrected chi connectivity index (χ0v) is 10.6. The van der Waals surface area contributed by atoms with Crippen LogP contribution in [-0.4, -0.2) is 18.2 Å². The molecule has 0 bridgehead atoms. The second-order valence-corrected chi connectivity index (χ2v) is 4.61. The van der Waals surface area contributed by atoms with Crippen LogP contribution in [-0.2, 0) is 9.53 Å². The van der Waals surface area contributed by atoms with E-state index in [1.807, 2.05) is 44.2 Å². The predicted molar refractivity (Wildman–Crippen MR) is 66.4 cm³/mol. The maximum absolute atomic E-state index is 11.7. The molecule has 17 heavy (non-hydrogen) atoms. The van der Waals surface area contributed by atoms with Crippen molar-refractivity contribution in [2.24, 2.45) is 11.8 Å². The molecule has 0 aliphatic heterocycles. The van der Waals surface area contributed by atoms with Gasteiger partial charge in [-0.15, -0.1) is 0 Å². The standard InChI is InChI=1S/C14H20O3/c1-10(2)9-12(14(16)17-3)13(15)11-7-5-4-6-8-11/h4-8,10,12-13,15H,9H2,1-3H3/t12-,13+/m0/s1. The SMILES string of the molecule is COC(=O)[C@@H](CC(C)C)[C@H](O)c1ccccc1. The van der Waals surface area contributed by atoms with Gasteiger partial charge in [0.05, 0.1) is 19.1 Å². The molecule has 0 fully saturated rings. The van der Waals surface area contributed by atoms with Crippen LogP contribution >= 0.6 is 0 Å². The van der Waals surface area contributed by atoms with Crippen LogP contribution in [0.3, 0.4) is 0 Å². The lowest BCUT2D eigenvalue weighted by molar-refractivity contribution is -0.150. The van der Waals surface area contributed by atoms with Gasteiger partial charge < -0.3 is 9.84 Å². The van der Waals surface area contributed by atoms with Crippen molar-refractivity contribution in [3.8, 4) is 0 Å². The molecule has 0 saturated heterocycles. The normalized spacial score (nSPS) is 14.4. The van der Waals surface area contributed by atoms with Crippen molar-refractivity contribution in [3.63, 3.8) is 0 Å². The van der Waals surface area contributed by atoms with E-state index in [1.165, 1.54) is 7.11 Å². The Morgan fingerprint density at radius 2 is 1.88 bits per heavy atom. The van der Waals surface area contributed by atoms with E-state index in [1.54, 1.807) is 0 Å². The Kier molecular flexibility index (Phi) is 5.16. The summed E-state index contributed by atoms with van der Waals surface area (Å²) in [6.07, 6.45) is -0.186. The summed E-state index contributed by atoms with van der Waals surface area (Å²) in [7, 11) is 1.35. The lowest BCUT2D eigenvalue weighted by Gasteiger charge is -2.22. The van der Waals surface area contributed by atoms with Crippen LogP contribution in [0, 0.1) is 11.8 Å². The molecule has 0 amide bonds. The minimum atomic E-state index is -0.800. The van der Waals surface area contributed by atoms with Crippen molar-refractivity contribution in [2.45, 2.75) is 26.4 Å². The van der Waals surface area contributed by atoms with Crippen molar-refractivity contribution < 1.29 is 14.6 Å². The van der Waals surface area contributed by atoms with E-state index in [4.69, 9.17) is 4.74 Å². The Morgan fingerprint density at radius 3 is 2.35 bits per heavy atom. The maximum atomic E-state index is 11.7. The molecule has 1 aromatic rings. The van der Waals surface area contributed by atoms with Crippen molar-refractivity contribution in [3.05, 3.63) is 35.9 Å². The summed E-state index contributed by atoms with van der Waals surface area (Å²) in [4.78, 5) is 11.7. The third kappa shape index (κ3) is 3.86. The molecule has 0 aromatic heterocycles. The number of aliphatic hydroxyl groups excluding tert-OH is 1. The fourth-order valence-electron chi connectivity index (χ4n) is 1.90. The minimum absolute atomic E-state index is 0.331. The van der Waals surface area contributed by atoms with Crippen LogP contribution in [0.2, 0.25) is 0 Å². The van der Waals surface area contributed by atoms with Gasteiger partial charge in [-0.1, -0.05) is 44.2 Å². The third-order valence-corrected chi connectivity index (χ3v) is 2.75. The van der Waals surface area contributed by atoms with Gasteiger partial charge in [-0.05, 0) is 17.9 Å². The molecule has 0 unspecified atom stereocenters. The number of hydrogen-bond donors (Lipinski definition) is 1. The van der Waals surface area contributed by atoms with Gasteiger partial charge in [-0.25, -0.2) is 0 Å². The fraction of sp³-hybridized carbons (Fsp3) is 0.500. The quantitative estimate of drug-likeness (QED) is 0.799. The second kappa shape index (κ2) is 6.40. The number of carbonyl (C=O) groups excluding carboxylic acids is 1. The number of methoxy groups -OCH3 is 1. The molecule has 2 atom stereocenters. The Morgan fingerprint density at radius 1 is 1.29 bits per heavy atom. The lowest BCUT2D eigenvalue weighted by Crippen LogP contribution is -2.25. The number of rotatable bonds is 5. The lowest BCUT2D eigenvalue weighted by atomic mass is 9.88. The molecule has 0 heterocycles. The maximum Gasteiger partial charge on any atom is 0.311 e. The van der Waals surface area contributed by atoms with Crippen LogP contribution in [0.15, 0.2) is 30.3 Å².